The molecule has 2 atom stereocenters. The molecule has 28 heavy (non-hydrogen) atoms. The summed E-state index contributed by atoms with van der Waals surface area (Å²) in [7, 11) is 0. The summed E-state index contributed by atoms with van der Waals surface area (Å²) in [5.74, 6) is 4.57. The van der Waals surface area contributed by atoms with Crippen molar-refractivity contribution in [2.75, 3.05) is 47.8 Å². The molecular formula is C21H36N6S. The van der Waals surface area contributed by atoms with Gasteiger partial charge in [-0.1, -0.05) is 27.7 Å². The molecule has 1 aromatic heterocycles. The van der Waals surface area contributed by atoms with Gasteiger partial charge in [-0.3, -0.25) is 0 Å². The molecule has 0 aliphatic carbocycles. The lowest BCUT2D eigenvalue weighted by Gasteiger charge is -2.35. The van der Waals surface area contributed by atoms with E-state index in [0.29, 0.717) is 28.8 Å². The van der Waals surface area contributed by atoms with E-state index in [1.807, 2.05) is 0 Å². The summed E-state index contributed by atoms with van der Waals surface area (Å²) in [6.45, 7) is 14.1. The average molecular weight is 405 g/mol. The first kappa shape index (κ1) is 21.1. The maximum Gasteiger partial charge on any atom is 0.232 e. The quantitative estimate of drug-likeness (QED) is 0.722. The Kier molecular flexibility index (Phi) is 7.32. The number of nitrogens with one attached hydrogen (secondary N) is 2. The Morgan fingerprint density at radius 1 is 1.07 bits per heavy atom. The van der Waals surface area contributed by atoms with E-state index in [1.54, 1.807) is 0 Å². The van der Waals surface area contributed by atoms with Crippen molar-refractivity contribution < 1.29 is 0 Å². The summed E-state index contributed by atoms with van der Waals surface area (Å²) in [4.78, 5) is 14.5. The van der Waals surface area contributed by atoms with Crippen molar-refractivity contribution in [2.45, 2.75) is 53.4 Å². The highest BCUT2D eigenvalue weighted by Crippen LogP contribution is 2.28. The molecule has 0 bridgehead atoms. The largest absolute Gasteiger partial charge is 0.362 e. The number of nitrogens with zero attached hydrogens (tertiary/aromatic N) is 4. The first-order chi connectivity index (χ1) is 13.4. The van der Waals surface area contributed by atoms with Crippen molar-refractivity contribution in [3.8, 4) is 0 Å². The molecule has 2 fully saturated rings. The maximum absolute atomic E-state index is 5.46. The van der Waals surface area contributed by atoms with Crippen LogP contribution in [0.2, 0.25) is 0 Å². The molecule has 156 valence electrons. The summed E-state index contributed by atoms with van der Waals surface area (Å²) in [5.41, 5.74) is 0. The van der Waals surface area contributed by atoms with Gasteiger partial charge >= 0.3 is 0 Å². The van der Waals surface area contributed by atoms with Crippen molar-refractivity contribution in [1.82, 2.24) is 15.3 Å². The topological polar surface area (TPSA) is 56.3 Å². The molecule has 6 nitrogen and oxygen atoms in total. The third-order valence-electron chi connectivity index (χ3n) is 5.56. The Morgan fingerprint density at radius 3 is 2.07 bits per heavy atom. The van der Waals surface area contributed by atoms with Crippen LogP contribution in [-0.4, -0.2) is 47.8 Å². The molecule has 1 aromatic rings. The Bertz CT molecular complexity index is 624. The minimum atomic E-state index is 0.534. The van der Waals surface area contributed by atoms with Crippen LogP contribution in [0.3, 0.4) is 0 Å². The van der Waals surface area contributed by atoms with Crippen molar-refractivity contribution in [3.63, 3.8) is 0 Å². The number of hydrogen-bond acceptors (Lipinski definition) is 5. The van der Waals surface area contributed by atoms with Gasteiger partial charge < -0.3 is 20.4 Å². The van der Waals surface area contributed by atoms with E-state index in [-0.39, 0.29) is 0 Å². The molecule has 3 rings (SSSR count). The first-order valence-electron chi connectivity index (χ1n) is 10.8. The lowest BCUT2D eigenvalue weighted by Crippen LogP contribution is -2.38. The highest BCUT2D eigenvalue weighted by Gasteiger charge is 2.23. The van der Waals surface area contributed by atoms with Crippen molar-refractivity contribution in [3.05, 3.63) is 6.07 Å². The minimum absolute atomic E-state index is 0.534. The second kappa shape index (κ2) is 9.72. The lowest BCUT2D eigenvalue weighted by atomic mass is 10.00. The van der Waals surface area contributed by atoms with Crippen LogP contribution in [0.1, 0.15) is 53.4 Å². The van der Waals surface area contributed by atoms with E-state index >= 15 is 0 Å². The van der Waals surface area contributed by atoms with Crippen LogP contribution in [0.15, 0.2) is 6.07 Å². The summed E-state index contributed by atoms with van der Waals surface area (Å²) in [6.07, 6.45) is 5.04. The van der Waals surface area contributed by atoms with Gasteiger partial charge in [-0.2, -0.15) is 9.97 Å². The molecule has 0 saturated carbocycles. The van der Waals surface area contributed by atoms with E-state index in [9.17, 15) is 0 Å². The average Bonchev–Trinajstić information content (AvgIpc) is 2.66. The highest BCUT2D eigenvalue weighted by molar-refractivity contribution is 7.80. The van der Waals surface area contributed by atoms with Crippen LogP contribution in [0.5, 0.6) is 0 Å². The molecule has 7 heteroatoms. The van der Waals surface area contributed by atoms with Gasteiger partial charge in [0.1, 0.15) is 11.6 Å². The second-order valence-corrected chi connectivity index (χ2v) is 9.43. The van der Waals surface area contributed by atoms with Gasteiger partial charge in [-0.15, -0.1) is 0 Å². The van der Waals surface area contributed by atoms with Crippen LogP contribution >= 0.6 is 12.2 Å². The monoisotopic (exact) mass is 404 g/mol. The van der Waals surface area contributed by atoms with Crippen molar-refractivity contribution in [1.29, 1.82) is 0 Å². The van der Waals surface area contributed by atoms with E-state index in [0.717, 1.165) is 44.4 Å². The summed E-state index contributed by atoms with van der Waals surface area (Å²) >= 11 is 5.46. The zero-order chi connectivity index (χ0) is 20.1. The highest BCUT2D eigenvalue weighted by atomic mass is 32.1. The zero-order valence-electron chi connectivity index (χ0n) is 17.9. The standard InChI is InChI=1S/C21H36N6S/c1-15(2)12-22-21(28)25-20-23-18(26-9-5-7-16(3)13-26)11-19(24-20)27-10-6-8-17(4)14-27/h11,15-17H,5-10,12-14H2,1-4H3,(H2,22,23,24,25,28). The van der Waals surface area contributed by atoms with Gasteiger partial charge in [0.15, 0.2) is 5.11 Å². The molecule has 0 spiro atoms. The Morgan fingerprint density at radius 2 is 1.61 bits per heavy atom. The molecule has 2 unspecified atom stereocenters. The third kappa shape index (κ3) is 5.93. The fraction of sp³-hybridized carbons (Fsp3) is 0.762. The minimum Gasteiger partial charge on any atom is -0.362 e. The number of aromatic nitrogens is 2. The molecular weight excluding hydrogens is 368 g/mol. The van der Waals surface area contributed by atoms with Gasteiger partial charge in [0.05, 0.1) is 0 Å². The zero-order valence-corrected chi connectivity index (χ0v) is 18.7. The third-order valence-corrected chi connectivity index (χ3v) is 5.80. The van der Waals surface area contributed by atoms with Gasteiger partial charge in [0.2, 0.25) is 5.95 Å². The van der Waals surface area contributed by atoms with Crippen LogP contribution < -0.4 is 20.4 Å². The van der Waals surface area contributed by atoms with E-state index < -0.39 is 0 Å². The van der Waals surface area contributed by atoms with E-state index in [4.69, 9.17) is 22.2 Å². The van der Waals surface area contributed by atoms with Crippen molar-refractivity contribution >= 4 is 34.9 Å². The van der Waals surface area contributed by atoms with Crippen molar-refractivity contribution in [2.24, 2.45) is 17.8 Å². The molecule has 2 aliphatic heterocycles. The Labute approximate surface area is 175 Å². The Hall–Kier alpha value is -1.63. The summed E-state index contributed by atoms with van der Waals surface area (Å²) < 4.78 is 0. The molecule has 0 aromatic carbocycles. The number of anilines is 3. The van der Waals surface area contributed by atoms with Gasteiger partial charge in [0.25, 0.3) is 0 Å². The normalized spacial score (nSPS) is 23.0. The molecule has 3 heterocycles. The first-order valence-corrected chi connectivity index (χ1v) is 11.3. The number of thiocarbonyl (C=S) groups is 1. The fourth-order valence-corrected chi connectivity index (χ4v) is 4.21. The van der Waals surface area contributed by atoms with Gasteiger partial charge in [0, 0.05) is 38.8 Å². The SMILES string of the molecule is CC(C)CNC(=S)Nc1nc(N2CCCC(C)C2)cc(N2CCCC(C)C2)n1. The Balaban J connectivity index is 1.81. The number of hydrogen-bond donors (Lipinski definition) is 2. The summed E-state index contributed by atoms with van der Waals surface area (Å²) in [6, 6.07) is 2.17. The predicted molar refractivity (Wildman–Crippen MR) is 122 cm³/mol. The predicted octanol–water partition coefficient (Wildman–Crippen LogP) is 3.89. The van der Waals surface area contributed by atoms with Gasteiger partial charge in [-0.05, 0) is 55.7 Å². The molecule has 0 amide bonds. The maximum atomic E-state index is 5.46. The molecule has 2 aliphatic rings. The number of piperidine rings is 2. The van der Waals surface area contributed by atoms with Crippen LogP contribution in [0.25, 0.3) is 0 Å². The second-order valence-electron chi connectivity index (χ2n) is 9.02. The van der Waals surface area contributed by atoms with Crippen LogP contribution in [-0.2, 0) is 0 Å². The van der Waals surface area contributed by atoms with Gasteiger partial charge in [-0.25, -0.2) is 0 Å². The molecule has 2 saturated heterocycles. The molecule has 0 radical (unpaired) electrons. The fourth-order valence-electron chi connectivity index (χ4n) is 4.04. The van der Waals surface area contributed by atoms with E-state index in [1.165, 1.54) is 25.7 Å². The number of rotatable bonds is 5. The summed E-state index contributed by atoms with van der Waals surface area (Å²) in [5, 5.41) is 7.07. The smallest absolute Gasteiger partial charge is 0.232 e. The molecule has 2 N–H and O–H groups in total. The van der Waals surface area contributed by atoms with Crippen LogP contribution in [0, 0.1) is 17.8 Å². The lowest BCUT2D eigenvalue weighted by molar-refractivity contribution is 0.441. The van der Waals surface area contributed by atoms with Crippen LogP contribution in [0.4, 0.5) is 17.6 Å². The van der Waals surface area contributed by atoms with E-state index in [2.05, 4.69) is 54.2 Å².